The van der Waals surface area contributed by atoms with Crippen molar-refractivity contribution in [2.24, 2.45) is 5.92 Å². The quantitative estimate of drug-likeness (QED) is 0.737. The molecule has 1 aliphatic rings. The summed E-state index contributed by atoms with van der Waals surface area (Å²) >= 11 is 5.84. The molecule has 0 saturated carbocycles. The van der Waals surface area contributed by atoms with Crippen LogP contribution in [-0.2, 0) is 21.4 Å². The molecule has 1 aliphatic heterocycles. The Morgan fingerprint density at radius 2 is 1.89 bits per heavy atom. The molecule has 0 N–H and O–H groups in total. The van der Waals surface area contributed by atoms with Crippen molar-refractivity contribution < 1.29 is 17.6 Å². The number of carbonyl (C=O) groups excluding carboxylic acids is 1. The number of piperidine rings is 1. The van der Waals surface area contributed by atoms with Gasteiger partial charge >= 0.3 is 0 Å². The smallest absolute Gasteiger partial charge is 0.243 e. The molecule has 0 spiro atoms. The van der Waals surface area contributed by atoms with Gasteiger partial charge in [0.05, 0.1) is 10.8 Å². The summed E-state index contributed by atoms with van der Waals surface area (Å²) in [5, 5.41) is 0.459. The van der Waals surface area contributed by atoms with Crippen molar-refractivity contribution in [3.8, 4) is 0 Å². The second kappa shape index (κ2) is 8.59. The van der Waals surface area contributed by atoms with Crippen LogP contribution in [0.1, 0.15) is 18.4 Å². The second-order valence-corrected chi connectivity index (χ2v) is 9.32. The Morgan fingerprint density at radius 3 is 2.57 bits per heavy atom. The molecule has 28 heavy (non-hydrogen) atoms. The molecule has 0 aromatic heterocycles. The Bertz CT molecular complexity index is 950. The molecule has 2 aromatic rings. The average Bonchev–Trinajstić information content (AvgIpc) is 2.69. The zero-order valence-corrected chi connectivity index (χ0v) is 17.1. The molecule has 8 heteroatoms. The summed E-state index contributed by atoms with van der Waals surface area (Å²) < 4.78 is 41.0. The molecule has 1 atom stereocenters. The predicted molar refractivity (Wildman–Crippen MR) is 106 cm³/mol. The van der Waals surface area contributed by atoms with Gasteiger partial charge in [-0.1, -0.05) is 29.8 Å². The van der Waals surface area contributed by atoms with Crippen LogP contribution in [0.15, 0.2) is 53.4 Å². The molecule has 2 aromatic carbocycles. The first-order valence-corrected chi connectivity index (χ1v) is 10.8. The van der Waals surface area contributed by atoms with Crippen molar-refractivity contribution >= 4 is 27.5 Å². The highest BCUT2D eigenvalue weighted by Crippen LogP contribution is 2.26. The van der Waals surface area contributed by atoms with E-state index < -0.39 is 15.9 Å². The molecule has 0 aliphatic carbocycles. The van der Waals surface area contributed by atoms with Crippen molar-refractivity contribution in [3.05, 3.63) is 64.9 Å². The molecule has 5 nitrogen and oxygen atoms in total. The number of amides is 1. The third-order valence-corrected chi connectivity index (χ3v) is 7.06. The second-order valence-electron chi connectivity index (χ2n) is 6.94. The van der Waals surface area contributed by atoms with E-state index in [-0.39, 0.29) is 29.7 Å². The lowest BCUT2D eigenvalue weighted by molar-refractivity contribution is -0.135. The summed E-state index contributed by atoms with van der Waals surface area (Å²) in [5.41, 5.74) is 0.430. The molecule has 1 amide bonds. The Hall–Kier alpha value is -1.96. The maximum atomic E-state index is 13.9. The van der Waals surface area contributed by atoms with Gasteiger partial charge < -0.3 is 4.90 Å². The fourth-order valence-corrected chi connectivity index (χ4v) is 5.04. The molecule has 1 fully saturated rings. The Labute approximate surface area is 169 Å². The van der Waals surface area contributed by atoms with Gasteiger partial charge in [-0.25, -0.2) is 12.8 Å². The fourth-order valence-electron chi connectivity index (χ4n) is 3.39. The lowest BCUT2D eigenvalue weighted by atomic mass is 9.98. The highest BCUT2D eigenvalue weighted by Gasteiger charge is 2.34. The van der Waals surface area contributed by atoms with E-state index in [0.717, 1.165) is 0 Å². The minimum absolute atomic E-state index is 0.116. The van der Waals surface area contributed by atoms with Gasteiger partial charge in [0.2, 0.25) is 15.9 Å². The third-order valence-electron chi connectivity index (χ3n) is 4.93. The minimum atomic E-state index is -3.69. The number of nitrogens with zero attached hydrogens (tertiary/aromatic N) is 2. The maximum absolute atomic E-state index is 13.9. The molecule has 0 unspecified atom stereocenters. The van der Waals surface area contributed by atoms with E-state index in [9.17, 15) is 17.6 Å². The first-order chi connectivity index (χ1) is 13.3. The Balaban J connectivity index is 1.71. The van der Waals surface area contributed by atoms with Crippen LogP contribution in [0.2, 0.25) is 5.02 Å². The number of benzene rings is 2. The van der Waals surface area contributed by atoms with E-state index in [2.05, 4.69) is 0 Å². The maximum Gasteiger partial charge on any atom is 0.243 e. The molecule has 1 saturated heterocycles. The molecule has 0 bridgehead atoms. The number of rotatable bonds is 5. The number of carbonyl (C=O) groups is 1. The topological polar surface area (TPSA) is 57.7 Å². The van der Waals surface area contributed by atoms with Crippen LogP contribution in [0, 0.1) is 11.7 Å². The Morgan fingerprint density at radius 1 is 1.21 bits per heavy atom. The molecular weight excluding hydrogens is 403 g/mol. The van der Waals surface area contributed by atoms with Crippen molar-refractivity contribution in [1.82, 2.24) is 9.21 Å². The highest BCUT2D eigenvalue weighted by molar-refractivity contribution is 7.89. The van der Waals surface area contributed by atoms with E-state index in [1.807, 2.05) is 0 Å². The molecular formula is C20H22ClFN2O3S. The largest absolute Gasteiger partial charge is 0.341 e. The summed E-state index contributed by atoms with van der Waals surface area (Å²) in [6.07, 6.45) is 1.20. The first-order valence-electron chi connectivity index (χ1n) is 9.03. The van der Waals surface area contributed by atoms with Crippen molar-refractivity contribution in [2.75, 3.05) is 20.1 Å². The lowest BCUT2D eigenvalue weighted by Gasteiger charge is -2.33. The van der Waals surface area contributed by atoms with Gasteiger partial charge in [0, 0.05) is 37.3 Å². The first kappa shape index (κ1) is 20.8. The SMILES string of the molecule is CN(Cc1ccccc1F)C(=O)[C@H]1CCCN(S(=O)(=O)c2ccc(Cl)cc2)C1. The normalized spacial score (nSPS) is 18.0. The number of sulfonamides is 1. The number of hydrogen-bond acceptors (Lipinski definition) is 3. The van der Waals surface area contributed by atoms with Crippen LogP contribution in [-0.4, -0.2) is 43.7 Å². The van der Waals surface area contributed by atoms with Gasteiger partial charge in [0.15, 0.2) is 0 Å². The number of hydrogen-bond donors (Lipinski definition) is 0. The monoisotopic (exact) mass is 424 g/mol. The van der Waals surface area contributed by atoms with Gasteiger partial charge in [-0.2, -0.15) is 4.31 Å². The summed E-state index contributed by atoms with van der Waals surface area (Å²) in [6, 6.07) is 12.3. The zero-order valence-electron chi connectivity index (χ0n) is 15.5. The van der Waals surface area contributed by atoms with E-state index in [0.29, 0.717) is 30.0 Å². The highest BCUT2D eigenvalue weighted by atomic mass is 35.5. The van der Waals surface area contributed by atoms with Crippen LogP contribution >= 0.6 is 11.6 Å². The average molecular weight is 425 g/mol. The van der Waals surface area contributed by atoms with Crippen LogP contribution in [0.4, 0.5) is 4.39 Å². The van der Waals surface area contributed by atoms with Crippen LogP contribution in [0.5, 0.6) is 0 Å². The van der Waals surface area contributed by atoms with Crippen molar-refractivity contribution in [3.63, 3.8) is 0 Å². The molecule has 3 rings (SSSR count). The summed E-state index contributed by atoms with van der Waals surface area (Å²) in [6.45, 7) is 0.628. The summed E-state index contributed by atoms with van der Waals surface area (Å²) in [7, 11) is -2.08. The lowest BCUT2D eigenvalue weighted by Crippen LogP contribution is -2.45. The van der Waals surface area contributed by atoms with E-state index in [1.165, 1.54) is 39.5 Å². The molecule has 150 valence electrons. The van der Waals surface area contributed by atoms with Gasteiger partial charge in [0.25, 0.3) is 0 Å². The van der Waals surface area contributed by atoms with Gasteiger partial charge in [-0.3, -0.25) is 4.79 Å². The third kappa shape index (κ3) is 4.54. The fraction of sp³-hybridized carbons (Fsp3) is 0.350. The van der Waals surface area contributed by atoms with Crippen LogP contribution in [0.25, 0.3) is 0 Å². The molecule has 1 heterocycles. The zero-order chi connectivity index (χ0) is 20.3. The van der Waals surface area contributed by atoms with E-state index in [4.69, 9.17) is 11.6 Å². The summed E-state index contributed by atoms with van der Waals surface area (Å²) in [4.78, 5) is 14.4. The van der Waals surface area contributed by atoms with Crippen molar-refractivity contribution in [1.29, 1.82) is 0 Å². The minimum Gasteiger partial charge on any atom is -0.341 e. The number of halogens is 2. The van der Waals surface area contributed by atoms with Gasteiger partial charge in [0.1, 0.15) is 5.82 Å². The predicted octanol–water partition coefficient (Wildman–Crippen LogP) is 3.54. The van der Waals surface area contributed by atoms with Crippen molar-refractivity contribution in [2.45, 2.75) is 24.3 Å². The van der Waals surface area contributed by atoms with Crippen LogP contribution in [0.3, 0.4) is 0 Å². The van der Waals surface area contributed by atoms with E-state index >= 15 is 0 Å². The van der Waals surface area contributed by atoms with E-state index in [1.54, 1.807) is 25.2 Å². The molecule has 0 radical (unpaired) electrons. The van der Waals surface area contributed by atoms with Crippen LogP contribution < -0.4 is 0 Å². The van der Waals surface area contributed by atoms with Gasteiger partial charge in [-0.15, -0.1) is 0 Å². The standard InChI is InChI=1S/C20H22ClFN2O3S/c1-23(13-15-5-2-3-7-19(15)22)20(25)16-6-4-12-24(14-16)28(26,27)18-10-8-17(21)9-11-18/h2-3,5,7-11,16H,4,6,12-14H2,1H3/t16-/m0/s1. The summed E-state index contributed by atoms with van der Waals surface area (Å²) in [5.74, 6) is -0.996. The van der Waals surface area contributed by atoms with Gasteiger partial charge in [-0.05, 0) is 43.2 Å². The Kier molecular flexibility index (Phi) is 6.37.